The maximum atomic E-state index is 13.6. The predicted molar refractivity (Wildman–Crippen MR) is 112 cm³/mol. The fourth-order valence-corrected chi connectivity index (χ4v) is 5.53. The van der Waals surface area contributed by atoms with Gasteiger partial charge in [0.1, 0.15) is 5.82 Å². The van der Waals surface area contributed by atoms with Gasteiger partial charge in [0.2, 0.25) is 5.92 Å². The fourth-order valence-electron chi connectivity index (χ4n) is 4.25. The number of alkyl halides is 2. The Bertz CT molecular complexity index is 1080. The molecule has 2 aliphatic rings. The first-order chi connectivity index (χ1) is 14.0. The van der Waals surface area contributed by atoms with Crippen molar-refractivity contribution in [2.75, 3.05) is 6.54 Å². The van der Waals surface area contributed by atoms with Crippen LogP contribution in [-0.4, -0.2) is 41.1 Å². The Balaban J connectivity index is 1.71. The van der Waals surface area contributed by atoms with Crippen molar-refractivity contribution >= 4 is 27.3 Å². The number of rotatable bonds is 4. The molecule has 9 heteroatoms. The highest BCUT2D eigenvalue weighted by Gasteiger charge is 2.36. The van der Waals surface area contributed by atoms with Crippen LogP contribution in [0.2, 0.25) is 0 Å². The largest absolute Gasteiger partial charge is 0.327 e. The second-order valence-corrected chi connectivity index (χ2v) is 11.2. The Morgan fingerprint density at radius 3 is 2.50 bits per heavy atom. The van der Waals surface area contributed by atoms with E-state index in [0.29, 0.717) is 37.9 Å². The quantitative estimate of drug-likeness (QED) is 0.704. The number of hydrogen-bond acceptors (Lipinski definition) is 4. The highest BCUT2D eigenvalue weighted by atomic mass is 32.2. The summed E-state index contributed by atoms with van der Waals surface area (Å²) in [5.74, 6) is -1.56. The standard InChI is InChI=1S/C21H28F2N4O2S/c1-20(2,3)19-25-17-13-16(30(28,29)27-12-4-11-24-27)5-6-18(17)26(19)14-15-7-9-21(22,23)10-8-15/h5-6,11,13,15H,4,7-10,12,14H2,1-3H3. The maximum absolute atomic E-state index is 13.6. The number of halogens is 2. The first-order valence-corrected chi connectivity index (χ1v) is 11.9. The summed E-state index contributed by atoms with van der Waals surface area (Å²) in [6, 6.07) is 4.96. The number of hydrogen-bond donors (Lipinski definition) is 0. The van der Waals surface area contributed by atoms with Gasteiger partial charge in [0.15, 0.2) is 0 Å². The topological polar surface area (TPSA) is 67.6 Å². The van der Waals surface area contributed by atoms with E-state index in [4.69, 9.17) is 4.98 Å². The molecule has 4 rings (SSSR count). The second-order valence-electron chi connectivity index (χ2n) is 9.38. The zero-order valence-corrected chi connectivity index (χ0v) is 18.4. The van der Waals surface area contributed by atoms with Crippen LogP contribution in [0.4, 0.5) is 8.78 Å². The molecule has 0 radical (unpaired) electrons. The number of nitrogens with zero attached hydrogens (tertiary/aromatic N) is 4. The van der Waals surface area contributed by atoms with Gasteiger partial charge in [0.05, 0.1) is 22.5 Å². The van der Waals surface area contributed by atoms with Gasteiger partial charge in [-0.25, -0.2) is 13.8 Å². The van der Waals surface area contributed by atoms with E-state index in [1.807, 2.05) is 0 Å². The van der Waals surface area contributed by atoms with Crippen molar-refractivity contribution in [3.8, 4) is 0 Å². The fraction of sp³-hybridized carbons (Fsp3) is 0.619. The summed E-state index contributed by atoms with van der Waals surface area (Å²) in [7, 11) is -3.71. The highest BCUT2D eigenvalue weighted by Crippen LogP contribution is 2.38. The summed E-state index contributed by atoms with van der Waals surface area (Å²) in [6.07, 6.45) is 3.01. The number of aromatic nitrogens is 2. The summed E-state index contributed by atoms with van der Waals surface area (Å²) in [6.45, 7) is 7.11. The van der Waals surface area contributed by atoms with Crippen molar-refractivity contribution in [3.63, 3.8) is 0 Å². The summed E-state index contributed by atoms with van der Waals surface area (Å²) in [5.41, 5.74) is 1.17. The van der Waals surface area contributed by atoms with Gasteiger partial charge in [-0.15, -0.1) is 0 Å². The van der Waals surface area contributed by atoms with E-state index >= 15 is 0 Å². The van der Waals surface area contributed by atoms with Crippen molar-refractivity contribution in [1.82, 2.24) is 14.0 Å². The van der Waals surface area contributed by atoms with Gasteiger partial charge in [-0.3, -0.25) is 0 Å². The first kappa shape index (κ1) is 21.2. The molecule has 30 heavy (non-hydrogen) atoms. The average molecular weight is 439 g/mol. The monoisotopic (exact) mass is 438 g/mol. The van der Waals surface area contributed by atoms with Crippen LogP contribution in [0.25, 0.3) is 11.0 Å². The molecule has 1 aliphatic carbocycles. The van der Waals surface area contributed by atoms with Crippen molar-refractivity contribution < 1.29 is 17.2 Å². The van der Waals surface area contributed by atoms with Crippen LogP contribution in [0, 0.1) is 5.92 Å². The van der Waals surface area contributed by atoms with Gasteiger partial charge in [-0.2, -0.15) is 17.9 Å². The van der Waals surface area contributed by atoms with E-state index in [2.05, 4.69) is 30.4 Å². The summed E-state index contributed by atoms with van der Waals surface area (Å²) in [4.78, 5) is 4.94. The third-order valence-corrected chi connectivity index (χ3v) is 7.58. The first-order valence-electron chi connectivity index (χ1n) is 10.4. The number of fused-ring (bicyclic) bond motifs is 1. The molecule has 0 saturated heterocycles. The van der Waals surface area contributed by atoms with Gasteiger partial charge < -0.3 is 4.57 Å². The average Bonchev–Trinajstić information content (AvgIpc) is 3.31. The molecule has 1 aromatic heterocycles. The lowest BCUT2D eigenvalue weighted by molar-refractivity contribution is -0.0473. The number of benzene rings is 1. The lowest BCUT2D eigenvalue weighted by atomic mass is 9.86. The lowest BCUT2D eigenvalue weighted by Gasteiger charge is -2.30. The van der Waals surface area contributed by atoms with Gasteiger partial charge in [0.25, 0.3) is 10.0 Å². The molecule has 0 atom stereocenters. The molecule has 1 aliphatic heterocycles. The van der Waals surface area contributed by atoms with Gasteiger partial charge >= 0.3 is 0 Å². The van der Waals surface area contributed by atoms with Crippen LogP contribution in [-0.2, 0) is 22.0 Å². The van der Waals surface area contributed by atoms with E-state index in [1.165, 1.54) is 0 Å². The van der Waals surface area contributed by atoms with Crippen molar-refractivity contribution in [1.29, 1.82) is 0 Å². The molecule has 0 bridgehead atoms. The minimum Gasteiger partial charge on any atom is -0.327 e. The van der Waals surface area contributed by atoms with E-state index in [1.54, 1.807) is 24.4 Å². The zero-order chi connectivity index (χ0) is 21.7. The van der Waals surface area contributed by atoms with Crippen LogP contribution in [0.15, 0.2) is 28.2 Å². The molecule has 1 saturated carbocycles. The van der Waals surface area contributed by atoms with Crippen molar-refractivity contribution in [2.45, 2.75) is 75.7 Å². The third-order valence-electron chi connectivity index (χ3n) is 5.90. The Kier molecular flexibility index (Phi) is 5.15. The molecule has 0 N–H and O–H groups in total. The van der Waals surface area contributed by atoms with Crippen LogP contribution in [0.3, 0.4) is 0 Å². The molecule has 2 aromatic rings. The van der Waals surface area contributed by atoms with Crippen LogP contribution < -0.4 is 0 Å². The molecule has 0 spiro atoms. The van der Waals surface area contributed by atoms with Crippen molar-refractivity contribution in [2.24, 2.45) is 11.0 Å². The normalized spacial score (nSPS) is 20.4. The predicted octanol–water partition coefficient (Wildman–Crippen LogP) is 4.54. The SMILES string of the molecule is CC(C)(C)c1nc2cc(S(=O)(=O)N3CCC=N3)ccc2n1CC1CCC(F)(F)CC1. The van der Waals surface area contributed by atoms with E-state index in [-0.39, 0.29) is 29.1 Å². The lowest BCUT2D eigenvalue weighted by Crippen LogP contribution is -2.28. The minimum absolute atomic E-state index is 0.0755. The minimum atomic E-state index is -3.71. The van der Waals surface area contributed by atoms with E-state index in [9.17, 15) is 17.2 Å². The molecular weight excluding hydrogens is 410 g/mol. The number of hydrazone groups is 1. The zero-order valence-electron chi connectivity index (χ0n) is 17.6. The van der Waals surface area contributed by atoms with Crippen molar-refractivity contribution in [3.05, 3.63) is 24.0 Å². The van der Waals surface area contributed by atoms with Gasteiger partial charge in [0, 0.05) is 37.4 Å². The number of sulfonamides is 1. The Labute approximate surface area is 176 Å². The summed E-state index contributed by atoms with van der Waals surface area (Å²) < 4.78 is 56.0. The van der Waals surface area contributed by atoms with E-state index < -0.39 is 15.9 Å². The molecule has 2 heterocycles. The molecular formula is C21H28F2N4O2S. The Hall–Kier alpha value is -2.03. The van der Waals surface area contributed by atoms with Crippen LogP contribution in [0.5, 0.6) is 0 Å². The third kappa shape index (κ3) is 3.96. The van der Waals surface area contributed by atoms with Gasteiger partial charge in [-0.05, 0) is 37.0 Å². The Morgan fingerprint density at radius 2 is 1.90 bits per heavy atom. The molecule has 1 fully saturated rings. The summed E-state index contributed by atoms with van der Waals surface area (Å²) >= 11 is 0. The Morgan fingerprint density at radius 1 is 1.20 bits per heavy atom. The number of imidazole rings is 1. The van der Waals surface area contributed by atoms with E-state index in [0.717, 1.165) is 15.8 Å². The molecule has 1 aromatic carbocycles. The molecule has 164 valence electrons. The van der Waals surface area contributed by atoms with Crippen LogP contribution in [0.1, 0.15) is 58.7 Å². The molecule has 0 amide bonds. The summed E-state index contributed by atoms with van der Waals surface area (Å²) in [5, 5.41) is 3.95. The van der Waals surface area contributed by atoms with Gasteiger partial charge in [-0.1, -0.05) is 20.8 Å². The maximum Gasteiger partial charge on any atom is 0.279 e. The smallest absolute Gasteiger partial charge is 0.279 e. The molecule has 6 nitrogen and oxygen atoms in total. The van der Waals surface area contributed by atoms with Crippen LogP contribution >= 0.6 is 0 Å². The molecule has 0 unspecified atom stereocenters. The second kappa shape index (κ2) is 7.28. The highest BCUT2D eigenvalue weighted by molar-refractivity contribution is 7.89.